The van der Waals surface area contributed by atoms with Gasteiger partial charge in [-0.05, 0) is 38.4 Å². The standard InChI is InChI=1S/C16H25NO3S/c1-4-8-17(14-10-20-9-13(14)16(18)19)11(3)15-7-6-12(5-2)21-15/h6-7,11,13-14H,4-5,8-10H2,1-3H3,(H,18,19). The molecule has 2 heterocycles. The predicted octanol–water partition coefficient (Wildman–Crippen LogP) is 3.18. The lowest BCUT2D eigenvalue weighted by Gasteiger charge is -2.35. The van der Waals surface area contributed by atoms with Crippen molar-refractivity contribution < 1.29 is 14.6 Å². The molecule has 4 nitrogen and oxygen atoms in total. The van der Waals surface area contributed by atoms with Gasteiger partial charge in [0, 0.05) is 21.8 Å². The molecule has 1 N–H and O–H groups in total. The van der Waals surface area contributed by atoms with Crippen LogP contribution in [0.2, 0.25) is 0 Å². The highest BCUT2D eigenvalue weighted by atomic mass is 32.1. The lowest BCUT2D eigenvalue weighted by molar-refractivity contribution is -0.143. The van der Waals surface area contributed by atoms with Gasteiger partial charge in [-0.15, -0.1) is 11.3 Å². The smallest absolute Gasteiger partial charge is 0.310 e. The predicted molar refractivity (Wildman–Crippen MR) is 84.8 cm³/mol. The van der Waals surface area contributed by atoms with Crippen molar-refractivity contribution in [1.82, 2.24) is 4.90 Å². The van der Waals surface area contributed by atoms with Gasteiger partial charge < -0.3 is 9.84 Å². The first-order chi connectivity index (χ1) is 10.1. The van der Waals surface area contributed by atoms with E-state index in [1.807, 2.05) is 11.3 Å². The molecule has 1 aromatic rings. The van der Waals surface area contributed by atoms with E-state index in [9.17, 15) is 9.90 Å². The van der Waals surface area contributed by atoms with Crippen molar-refractivity contribution in [3.05, 3.63) is 21.9 Å². The zero-order valence-electron chi connectivity index (χ0n) is 13.0. The van der Waals surface area contributed by atoms with Crippen LogP contribution < -0.4 is 0 Å². The zero-order valence-corrected chi connectivity index (χ0v) is 13.9. The maximum absolute atomic E-state index is 11.4. The molecule has 118 valence electrons. The van der Waals surface area contributed by atoms with Gasteiger partial charge in [-0.1, -0.05) is 13.8 Å². The second kappa shape index (κ2) is 7.38. The van der Waals surface area contributed by atoms with Crippen LogP contribution >= 0.6 is 11.3 Å². The highest BCUT2D eigenvalue weighted by Gasteiger charge is 2.39. The van der Waals surface area contributed by atoms with Crippen LogP contribution in [0.3, 0.4) is 0 Å². The lowest BCUT2D eigenvalue weighted by Crippen LogP contribution is -2.44. The second-order valence-corrected chi connectivity index (χ2v) is 6.82. The Kier molecular flexibility index (Phi) is 5.79. The summed E-state index contributed by atoms with van der Waals surface area (Å²) in [5.41, 5.74) is 0. The average molecular weight is 311 g/mol. The van der Waals surface area contributed by atoms with Crippen LogP contribution in [0.25, 0.3) is 0 Å². The Labute approximate surface area is 130 Å². The van der Waals surface area contributed by atoms with Gasteiger partial charge in [0.2, 0.25) is 0 Å². The second-order valence-electron chi connectivity index (χ2n) is 5.62. The first-order valence-electron chi connectivity index (χ1n) is 7.73. The van der Waals surface area contributed by atoms with Crippen LogP contribution in [0, 0.1) is 5.92 Å². The molecule has 3 atom stereocenters. The highest BCUT2D eigenvalue weighted by Crippen LogP contribution is 2.33. The van der Waals surface area contributed by atoms with E-state index in [1.54, 1.807) is 0 Å². The summed E-state index contributed by atoms with van der Waals surface area (Å²) in [5.74, 6) is -1.16. The third-order valence-electron chi connectivity index (χ3n) is 4.22. The van der Waals surface area contributed by atoms with Crippen molar-refractivity contribution in [1.29, 1.82) is 0 Å². The maximum atomic E-state index is 11.4. The molecular formula is C16H25NO3S. The molecule has 5 heteroatoms. The fraction of sp³-hybridized carbons (Fsp3) is 0.688. The number of rotatable bonds is 7. The van der Waals surface area contributed by atoms with E-state index in [-0.39, 0.29) is 12.1 Å². The maximum Gasteiger partial charge on any atom is 0.310 e. The molecule has 1 aliphatic rings. The number of thiophene rings is 1. The Morgan fingerprint density at radius 1 is 1.48 bits per heavy atom. The third kappa shape index (κ3) is 3.65. The summed E-state index contributed by atoms with van der Waals surface area (Å²) in [6.45, 7) is 8.23. The quantitative estimate of drug-likeness (QED) is 0.840. The summed E-state index contributed by atoms with van der Waals surface area (Å²) >= 11 is 1.83. The van der Waals surface area contributed by atoms with E-state index < -0.39 is 11.9 Å². The molecular weight excluding hydrogens is 286 g/mol. The largest absolute Gasteiger partial charge is 0.481 e. The lowest BCUT2D eigenvalue weighted by atomic mass is 10.00. The van der Waals surface area contributed by atoms with E-state index in [2.05, 4.69) is 37.8 Å². The fourth-order valence-electron chi connectivity index (χ4n) is 2.98. The Morgan fingerprint density at radius 2 is 2.24 bits per heavy atom. The van der Waals surface area contributed by atoms with E-state index in [0.29, 0.717) is 13.2 Å². The summed E-state index contributed by atoms with van der Waals surface area (Å²) < 4.78 is 5.45. The van der Waals surface area contributed by atoms with Gasteiger partial charge in [0.05, 0.1) is 19.1 Å². The third-order valence-corrected chi connectivity index (χ3v) is 5.62. The molecule has 1 fully saturated rings. The minimum absolute atomic E-state index is 0.0235. The Morgan fingerprint density at radius 3 is 2.81 bits per heavy atom. The van der Waals surface area contributed by atoms with Gasteiger partial charge in [-0.3, -0.25) is 9.69 Å². The van der Waals surface area contributed by atoms with Crippen molar-refractivity contribution in [3.8, 4) is 0 Å². The van der Waals surface area contributed by atoms with Crippen LogP contribution in [-0.4, -0.2) is 41.8 Å². The number of hydrogen-bond donors (Lipinski definition) is 1. The molecule has 2 rings (SSSR count). The summed E-state index contributed by atoms with van der Waals surface area (Å²) in [5, 5.41) is 9.39. The molecule has 1 aromatic heterocycles. The van der Waals surface area contributed by atoms with Crippen molar-refractivity contribution in [3.63, 3.8) is 0 Å². The Bertz CT molecular complexity index is 474. The molecule has 0 radical (unpaired) electrons. The van der Waals surface area contributed by atoms with Gasteiger partial charge in [0.1, 0.15) is 0 Å². The van der Waals surface area contributed by atoms with Gasteiger partial charge in [0.15, 0.2) is 0 Å². The van der Waals surface area contributed by atoms with Gasteiger partial charge in [0.25, 0.3) is 0 Å². The van der Waals surface area contributed by atoms with E-state index in [4.69, 9.17) is 4.74 Å². The summed E-state index contributed by atoms with van der Waals surface area (Å²) in [6.07, 6.45) is 2.06. The van der Waals surface area contributed by atoms with Gasteiger partial charge >= 0.3 is 5.97 Å². The van der Waals surface area contributed by atoms with E-state index >= 15 is 0 Å². The molecule has 0 spiro atoms. The fourth-order valence-corrected chi connectivity index (χ4v) is 4.01. The van der Waals surface area contributed by atoms with Crippen LogP contribution in [-0.2, 0) is 16.0 Å². The molecule has 0 aliphatic carbocycles. The van der Waals surface area contributed by atoms with Crippen LogP contribution in [0.5, 0.6) is 0 Å². The van der Waals surface area contributed by atoms with Crippen LogP contribution in [0.4, 0.5) is 0 Å². The van der Waals surface area contributed by atoms with Crippen molar-refractivity contribution >= 4 is 17.3 Å². The average Bonchev–Trinajstić information content (AvgIpc) is 3.12. The minimum Gasteiger partial charge on any atom is -0.481 e. The number of carboxylic acids is 1. The Hall–Kier alpha value is -0.910. The number of nitrogens with zero attached hydrogens (tertiary/aromatic N) is 1. The first-order valence-corrected chi connectivity index (χ1v) is 8.55. The van der Waals surface area contributed by atoms with Gasteiger partial charge in [-0.25, -0.2) is 0 Å². The zero-order chi connectivity index (χ0) is 15.4. The number of ether oxygens (including phenoxy) is 1. The van der Waals surface area contributed by atoms with Crippen LogP contribution in [0.1, 0.15) is 43.0 Å². The highest BCUT2D eigenvalue weighted by molar-refractivity contribution is 7.12. The molecule has 0 amide bonds. The molecule has 1 saturated heterocycles. The molecule has 0 bridgehead atoms. The minimum atomic E-state index is -0.744. The number of carbonyl (C=O) groups is 1. The molecule has 3 unspecified atom stereocenters. The van der Waals surface area contributed by atoms with E-state index in [1.165, 1.54) is 9.75 Å². The molecule has 0 aromatic carbocycles. The van der Waals surface area contributed by atoms with E-state index in [0.717, 1.165) is 19.4 Å². The summed E-state index contributed by atoms with van der Waals surface area (Å²) in [6, 6.07) is 4.58. The molecule has 21 heavy (non-hydrogen) atoms. The summed E-state index contributed by atoms with van der Waals surface area (Å²) in [4.78, 5) is 16.4. The molecule has 0 saturated carbocycles. The topological polar surface area (TPSA) is 49.8 Å². The SMILES string of the molecule is CCCN(C(C)c1ccc(CC)s1)C1COCC1C(=O)O. The number of hydrogen-bond acceptors (Lipinski definition) is 4. The normalized spacial score (nSPS) is 23.6. The van der Waals surface area contributed by atoms with Crippen molar-refractivity contribution in [2.24, 2.45) is 5.92 Å². The van der Waals surface area contributed by atoms with Crippen molar-refractivity contribution in [2.75, 3.05) is 19.8 Å². The number of aryl methyl sites for hydroxylation is 1. The summed E-state index contributed by atoms with van der Waals surface area (Å²) in [7, 11) is 0. The van der Waals surface area contributed by atoms with Gasteiger partial charge in [-0.2, -0.15) is 0 Å². The van der Waals surface area contributed by atoms with Crippen molar-refractivity contribution in [2.45, 2.75) is 45.7 Å². The monoisotopic (exact) mass is 311 g/mol. The number of aliphatic carboxylic acids is 1. The number of carboxylic acid groups (broad SMARTS) is 1. The molecule has 1 aliphatic heterocycles. The van der Waals surface area contributed by atoms with Crippen LogP contribution in [0.15, 0.2) is 12.1 Å². The first kappa shape index (κ1) is 16.5. The Balaban J connectivity index is 2.19.